The van der Waals surface area contributed by atoms with Gasteiger partial charge in [0.1, 0.15) is 17.3 Å². The minimum atomic E-state index is -0.318. The number of imidazole rings is 2. The Morgan fingerprint density at radius 1 is 1.15 bits per heavy atom. The van der Waals surface area contributed by atoms with E-state index in [9.17, 15) is 4.39 Å². The third kappa shape index (κ3) is 3.45. The van der Waals surface area contributed by atoms with Gasteiger partial charge in [0.15, 0.2) is 5.82 Å². The highest BCUT2D eigenvalue weighted by Crippen LogP contribution is 2.32. The monoisotopic (exact) mass is 439 g/mol. The van der Waals surface area contributed by atoms with E-state index in [1.165, 1.54) is 6.07 Å². The first-order valence-corrected chi connectivity index (χ1v) is 10.5. The average molecular weight is 439 g/mol. The Labute approximate surface area is 189 Å². The first-order valence-electron chi connectivity index (χ1n) is 10.5. The number of hydrogen-bond donors (Lipinski definition) is 2. The van der Waals surface area contributed by atoms with E-state index in [1.54, 1.807) is 42.7 Å². The molecular weight excluding hydrogens is 417 g/mol. The summed E-state index contributed by atoms with van der Waals surface area (Å²) in [6.45, 7) is 7.64. The summed E-state index contributed by atoms with van der Waals surface area (Å²) in [5.74, 6) is 1.17. The predicted molar refractivity (Wildman–Crippen MR) is 127 cm³/mol. The first kappa shape index (κ1) is 20.6. The van der Waals surface area contributed by atoms with Crippen molar-refractivity contribution < 1.29 is 4.39 Å². The van der Waals surface area contributed by atoms with Gasteiger partial charge < -0.3 is 9.55 Å². The second kappa shape index (κ2) is 7.98. The van der Waals surface area contributed by atoms with Gasteiger partial charge in [-0.15, -0.1) is 0 Å². The molecule has 0 radical (unpaired) electrons. The number of hydrogen-bond acceptors (Lipinski definition) is 4. The van der Waals surface area contributed by atoms with E-state index < -0.39 is 0 Å². The molecule has 0 fully saturated rings. The molecule has 5 rings (SSSR count). The van der Waals surface area contributed by atoms with E-state index >= 15 is 0 Å². The Morgan fingerprint density at radius 2 is 1.97 bits per heavy atom. The summed E-state index contributed by atoms with van der Waals surface area (Å²) in [5.41, 5.74) is 5.70. The molecule has 0 amide bonds. The smallest absolute Gasteiger partial charge is 0.159 e. The second-order valence-electron chi connectivity index (χ2n) is 7.79. The third-order valence-corrected chi connectivity index (χ3v) is 5.74. The number of rotatable bonds is 5. The van der Waals surface area contributed by atoms with Crippen molar-refractivity contribution in [1.29, 1.82) is 0 Å². The molecule has 0 atom stereocenters. The van der Waals surface area contributed by atoms with Crippen LogP contribution in [0.2, 0.25) is 0 Å². The maximum atomic E-state index is 14.6. The lowest BCUT2D eigenvalue weighted by molar-refractivity contribution is 0.624. The van der Waals surface area contributed by atoms with Gasteiger partial charge in [0.25, 0.3) is 0 Å². The highest BCUT2D eigenvalue weighted by Gasteiger charge is 2.20. The van der Waals surface area contributed by atoms with Crippen LogP contribution < -0.4 is 0 Å². The van der Waals surface area contributed by atoms with Crippen LogP contribution in [0.1, 0.15) is 22.8 Å². The van der Waals surface area contributed by atoms with Crippen LogP contribution in [0.5, 0.6) is 0 Å². The van der Waals surface area contributed by atoms with Crippen LogP contribution in [0.15, 0.2) is 61.5 Å². The van der Waals surface area contributed by atoms with E-state index in [0.29, 0.717) is 28.3 Å². The van der Waals surface area contributed by atoms with E-state index in [2.05, 4.69) is 31.7 Å². The summed E-state index contributed by atoms with van der Waals surface area (Å²) in [5, 5.41) is 8.38. The zero-order chi connectivity index (χ0) is 23.1. The van der Waals surface area contributed by atoms with Gasteiger partial charge >= 0.3 is 0 Å². The van der Waals surface area contributed by atoms with Gasteiger partial charge in [-0.2, -0.15) is 5.10 Å². The molecule has 0 saturated heterocycles. The number of allylic oxidation sites excluding steroid dienone is 2. The molecule has 4 aromatic heterocycles. The van der Waals surface area contributed by atoms with Gasteiger partial charge in [-0.05, 0) is 26.0 Å². The molecule has 0 saturated carbocycles. The highest BCUT2D eigenvalue weighted by atomic mass is 19.1. The molecule has 5 aromatic rings. The number of nitrogens with one attached hydrogen (secondary N) is 2. The minimum absolute atomic E-state index is 0.318. The molecule has 0 spiro atoms. The first-order chi connectivity index (χ1) is 16.0. The van der Waals surface area contributed by atoms with Crippen molar-refractivity contribution in [2.24, 2.45) is 7.05 Å². The summed E-state index contributed by atoms with van der Waals surface area (Å²) in [6, 6.07) is 8.60. The number of aromatic amines is 2. The lowest BCUT2D eigenvalue weighted by Crippen LogP contribution is -1.95. The predicted octanol–water partition coefficient (Wildman–Crippen LogP) is 5.12. The summed E-state index contributed by atoms with van der Waals surface area (Å²) in [4.78, 5) is 17.0. The molecule has 164 valence electrons. The van der Waals surface area contributed by atoms with Gasteiger partial charge in [0, 0.05) is 29.3 Å². The van der Waals surface area contributed by atoms with Crippen molar-refractivity contribution in [3.8, 4) is 22.9 Å². The second-order valence-corrected chi connectivity index (χ2v) is 7.79. The summed E-state index contributed by atoms with van der Waals surface area (Å²) in [6.07, 6.45) is 6.95. The molecule has 33 heavy (non-hydrogen) atoms. The zero-order valence-electron chi connectivity index (χ0n) is 18.5. The van der Waals surface area contributed by atoms with Crippen LogP contribution in [-0.2, 0) is 7.05 Å². The summed E-state index contributed by atoms with van der Waals surface area (Å²) >= 11 is 0. The number of aromatic nitrogens is 7. The maximum Gasteiger partial charge on any atom is 0.159 e. The normalized spacial score (nSPS) is 11.9. The molecule has 0 bridgehead atoms. The van der Waals surface area contributed by atoms with Crippen molar-refractivity contribution in [2.45, 2.75) is 13.8 Å². The number of pyridine rings is 1. The molecule has 0 aliphatic heterocycles. The van der Waals surface area contributed by atoms with Crippen LogP contribution in [0.25, 0.3) is 39.4 Å². The van der Waals surface area contributed by atoms with Crippen molar-refractivity contribution in [3.63, 3.8) is 0 Å². The quantitative estimate of drug-likeness (QED) is 0.372. The Balaban J connectivity index is 1.63. The fourth-order valence-corrected chi connectivity index (χ4v) is 3.91. The van der Waals surface area contributed by atoms with E-state index in [1.807, 2.05) is 31.5 Å². The van der Waals surface area contributed by atoms with Gasteiger partial charge in [-0.25, -0.2) is 14.4 Å². The molecule has 0 aliphatic rings. The third-order valence-electron chi connectivity index (χ3n) is 5.74. The van der Waals surface area contributed by atoms with E-state index in [4.69, 9.17) is 4.98 Å². The Hall–Kier alpha value is -4.33. The SMILES string of the molecule is C=C/C=C(/c1ccccc1F)c1nc(-c2n[nH]c3cnc(-c4cnc(C)n4C)cc23)[nH]c1C. The van der Waals surface area contributed by atoms with Crippen molar-refractivity contribution in [3.05, 3.63) is 90.0 Å². The fraction of sp³-hybridized carbons (Fsp3) is 0.120. The molecule has 7 nitrogen and oxygen atoms in total. The summed E-state index contributed by atoms with van der Waals surface area (Å²) in [7, 11) is 1.96. The maximum absolute atomic E-state index is 14.6. The standard InChI is InChI=1S/C25H22FN7/c1-5-8-17(16-9-6-7-10-19(16)26)23-14(2)29-25(30-23)24-18-11-20(28-12-21(18)31-32-24)22-13-27-15(3)33(22)4/h5-13H,1H2,2-4H3,(H,29,30)(H,31,32)/b17-8-. The largest absolute Gasteiger partial charge is 0.340 e. The molecular formula is C25H22FN7. The van der Waals surface area contributed by atoms with E-state index in [0.717, 1.165) is 33.8 Å². The highest BCUT2D eigenvalue weighted by molar-refractivity contribution is 5.93. The molecule has 1 aromatic carbocycles. The molecule has 8 heteroatoms. The van der Waals surface area contributed by atoms with Crippen LogP contribution in [0.3, 0.4) is 0 Å². The van der Waals surface area contributed by atoms with Crippen molar-refractivity contribution >= 4 is 16.5 Å². The number of benzene rings is 1. The number of nitrogens with zero attached hydrogens (tertiary/aromatic N) is 5. The molecule has 0 aliphatic carbocycles. The lowest BCUT2D eigenvalue weighted by atomic mass is 10.0. The Kier molecular flexibility index (Phi) is 4.97. The molecule has 2 N–H and O–H groups in total. The van der Waals surface area contributed by atoms with E-state index in [-0.39, 0.29) is 5.82 Å². The van der Waals surface area contributed by atoms with Crippen molar-refractivity contribution in [2.75, 3.05) is 0 Å². The van der Waals surface area contributed by atoms with Crippen LogP contribution >= 0.6 is 0 Å². The Morgan fingerprint density at radius 3 is 2.70 bits per heavy atom. The summed E-state index contributed by atoms with van der Waals surface area (Å²) < 4.78 is 16.6. The zero-order valence-corrected chi connectivity index (χ0v) is 18.5. The minimum Gasteiger partial charge on any atom is -0.340 e. The fourth-order valence-electron chi connectivity index (χ4n) is 3.91. The van der Waals surface area contributed by atoms with Crippen LogP contribution in [-0.4, -0.2) is 34.7 Å². The topological polar surface area (TPSA) is 88.1 Å². The van der Waals surface area contributed by atoms with Crippen LogP contribution in [0.4, 0.5) is 4.39 Å². The lowest BCUT2D eigenvalue weighted by Gasteiger charge is -2.07. The van der Waals surface area contributed by atoms with Gasteiger partial charge in [-0.3, -0.25) is 10.1 Å². The average Bonchev–Trinajstić information content (AvgIpc) is 3.49. The number of aryl methyl sites for hydroxylation is 2. The van der Waals surface area contributed by atoms with Crippen molar-refractivity contribution in [1.82, 2.24) is 34.7 Å². The number of H-pyrrole nitrogens is 2. The van der Waals surface area contributed by atoms with Gasteiger partial charge in [0.2, 0.25) is 0 Å². The molecule has 0 unspecified atom stereocenters. The number of halogens is 1. The van der Waals surface area contributed by atoms with Gasteiger partial charge in [0.05, 0.1) is 35.0 Å². The van der Waals surface area contributed by atoms with Gasteiger partial charge in [-0.1, -0.05) is 36.9 Å². The number of fused-ring (bicyclic) bond motifs is 1. The van der Waals surface area contributed by atoms with Crippen LogP contribution in [0, 0.1) is 19.7 Å². The Bertz CT molecular complexity index is 1530. The molecule has 4 heterocycles.